The Bertz CT molecular complexity index is 1070. The number of ketones is 1. The van der Waals surface area contributed by atoms with Gasteiger partial charge in [-0.05, 0) is 54.1 Å². The number of rotatable bonds is 5. The minimum absolute atomic E-state index is 0.0121. The van der Waals surface area contributed by atoms with E-state index in [0.717, 1.165) is 16.2 Å². The fourth-order valence-corrected chi connectivity index (χ4v) is 4.32. The fraction of sp³-hybridized carbons (Fsp3) is 0.0556. The second kappa shape index (κ2) is 7.19. The van der Waals surface area contributed by atoms with Crippen molar-refractivity contribution in [1.29, 1.82) is 0 Å². The van der Waals surface area contributed by atoms with Crippen LogP contribution in [-0.2, 0) is 0 Å². The van der Waals surface area contributed by atoms with Gasteiger partial charge in [0.25, 0.3) is 0 Å². The third-order valence-electron chi connectivity index (χ3n) is 3.76. The molecule has 8 heteroatoms. The molecule has 0 N–H and O–H groups in total. The summed E-state index contributed by atoms with van der Waals surface area (Å²) in [5, 5.41) is 11.5. The van der Waals surface area contributed by atoms with Gasteiger partial charge in [-0.1, -0.05) is 23.4 Å². The van der Waals surface area contributed by atoms with Crippen molar-refractivity contribution >= 4 is 45.4 Å². The molecular formula is C18H11ClFN3OS2. The van der Waals surface area contributed by atoms with Crippen LogP contribution in [0.3, 0.4) is 0 Å². The van der Waals surface area contributed by atoms with Crippen molar-refractivity contribution in [1.82, 2.24) is 14.6 Å². The maximum absolute atomic E-state index is 13.2. The van der Waals surface area contributed by atoms with Gasteiger partial charge >= 0.3 is 0 Å². The van der Waals surface area contributed by atoms with Gasteiger partial charge in [0.05, 0.1) is 11.4 Å². The SMILES string of the molecule is O=C(CSc1nnc2scc(-c3ccc(F)cc3)n12)c1ccc(Cl)cc1. The maximum Gasteiger partial charge on any atom is 0.217 e. The number of hydrogen-bond acceptors (Lipinski definition) is 5. The molecule has 2 heterocycles. The van der Waals surface area contributed by atoms with Crippen LogP contribution in [-0.4, -0.2) is 26.1 Å². The Balaban J connectivity index is 1.59. The van der Waals surface area contributed by atoms with E-state index in [9.17, 15) is 9.18 Å². The number of thioether (sulfide) groups is 1. The molecule has 0 aliphatic heterocycles. The molecule has 0 aliphatic carbocycles. The number of nitrogens with zero attached hydrogens (tertiary/aromatic N) is 3. The number of benzene rings is 2. The molecule has 0 radical (unpaired) electrons. The zero-order valence-electron chi connectivity index (χ0n) is 13.2. The number of thiazole rings is 1. The van der Waals surface area contributed by atoms with Crippen LogP contribution in [0, 0.1) is 5.82 Å². The van der Waals surface area contributed by atoms with Crippen molar-refractivity contribution in [3.05, 3.63) is 70.3 Å². The Kier molecular flexibility index (Phi) is 4.76. The van der Waals surface area contributed by atoms with Gasteiger partial charge in [0, 0.05) is 16.0 Å². The molecule has 0 aliphatic rings. The van der Waals surface area contributed by atoms with Crippen LogP contribution in [0.25, 0.3) is 16.2 Å². The van der Waals surface area contributed by atoms with Crippen molar-refractivity contribution in [3.63, 3.8) is 0 Å². The van der Waals surface area contributed by atoms with E-state index >= 15 is 0 Å². The van der Waals surface area contributed by atoms with Crippen LogP contribution in [0.1, 0.15) is 10.4 Å². The largest absolute Gasteiger partial charge is 0.293 e. The molecule has 26 heavy (non-hydrogen) atoms. The van der Waals surface area contributed by atoms with Gasteiger partial charge in [-0.3, -0.25) is 9.20 Å². The Morgan fingerprint density at radius 2 is 1.85 bits per heavy atom. The molecule has 2 aromatic carbocycles. The van der Waals surface area contributed by atoms with E-state index in [1.807, 2.05) is 9.78 Å². The molecule has 2 aromatic heterocycles. The van der Waals surface area contributed by atoms with E-state index < -0.39 is 0 Å². The first-order chi connectivity index (χ1) is 12.6. The van der Waals surface area contributed by atoms with Gasteiger partial charge in [0.1, 0.15) is 5.82 Å². The zero-order valence-corrected chi connectivity index (χ0v) is 15.6. The van der Waals surface area contributed by atoms with Crippen LogP contribution in [0.15, 0.2) is 59.1 Å². The second-order valence-electron chi connectivity index (χ2n) is 5.45. The van der Waals surface area contributed by atoms with E-state index in [1.54, 1.807) is 36.4 Å². The van der Waals surface area contributed by atoms with Gasteiger partial charge in [0.2, 0.25) is 4.96 Å². The number of aromatic nitrogens is 3. The van der Waals surface area contributed by atoms with Crippen LogP contribution in [0.5, 0.6) is 0 Å². The molecule has 4 rings (SSSR count). The molecule has 0 saturated heterocycles. The summed E-state index contributed by atoms with van der Waals surface area (Å²) in [7, 11) is 0. The predicted molar refractivity (Wildman–Crippen MR) is 103 cm³/mol. The quantitative estimate of drug-likeness (QED) is 0.338. The number of carbonyl (C=O) groups excluding carboxylic acids is 1. The third kappa shape index (κ3) is 3.38. The van der Waals surface area contributed by atoms with Gasteiger partial charge in [-0.2, -0.15) is 0 Å². The predicted octanol–water partition coefficient (Wildman–Crippen LogP) is 5.23. The first-order valence-corrected chi connectivity index (χ1v) is 9.86. The van der Waals surface area contributed by atoms with Crippen LogP contribution >= 0.6 is 34.7 Å². The summed E-state index contributed by atoms with van der Waals surface area (Å²) in [4.78, 5) is 13.1. The number of carbonyl (C=O) groups is 1. The van der Waals surface area contributed by atoms with Gasteiger partial charge in [-0.25, -0.2) is 4.39 Å². The molecule has 0 saturated carbocycles. The lowest BCUT2D eigenvalue weighted by molar-refractivity contribution is 0.102. The van der Waals surface area contributed by atoms with E-state index in [0.29, 0.717) is 15.7 Å². The average Bonchev–Trinajstić information content (AvgIpc) is 3.23. The average molecular weight is 404 g/mol. The fourth-order valence-electron chi connectivity index (χ4n) is 2.46. The van der Waals surface area contributed by atoms with Crippen molar-refractivity contribution in [2.45, 2.75) is 5.16 Å². The highest BCUT2D eigenvalue weighted by Crippen LogP contribution is 2.30. The van der Waals surface area contributed by atoms with E-state index in [2.05, 4.69) is 10.2 Å². The summed E-state index contributed by atoms with van der Waals surface area (Å²) in [5.41, 5.74) is 2.34. The third-order valence-corrected chi connectivity index (χ3v) is 5.76. The van der Waals surface area contributed by atoms with Crippen molar-refractivity contribution < 1.29 is 9.18 Å². The summed E-state index contributed by atoms with van der Waals surface area (Å²) in [6.45, 7) is 0. The van der Waals surface area contributed by atoms with Gasteiger partial charge < -0.3 is 0 Å². The summed E-state index contributed by atoms with van der Waals surface area (Å²) < 4.78 is 15.1. The molecular weight excluding hydrogens is 393 g/mol. The second-order valence-corrected chi connectivity index (χ2v) is 7.66. The van der Waals surface area contributed by atoms with E-state index in [4.69, 9.17) is 11.6 Å². The first kappa shape index (κ1) is 17.2. The lowest BCUT2D eigenvalue weighted by atomic mass is 10.1. The van der Waals surface area contributed by atoms with Gasteiger partial charge in [-0.15, -0.1) is 21.5 Å². The Labute approximate surface area is 161 Å². The highest BCUT2D eigenvalue weighted by atomic mass is 35.5. The summed E-state index contributed by atoms with van der Waals surface area (Å²) in [6.07, 6.45) is 0. The number of fused-ring (bicyclic) bond motifs is 1. The molecule has 0 amide bonds. The van der Waals surface area contributed by atoms with E-state index in [1.165, 1.54) is 35.2 Å². The monoisotopic (exact) mass is 403 g/mol. The summed E-state index contributed by atoms with van der Waals surface area (Å²) in [6, 6.07) is 13.1. The number of Topliss-reactive ketones (excluding diaryl/α,β-unsaturated/α-hetero) is 1. The normalized spacial score (nSPS) is 11.2. The number of halogens is 2. The van der Waals surface area contributed by atoms with Crippen LogP contribution < -0.4 is 0 Å². The molecule has 0 unspecified atom stereocenters. The van der Waals surface area contributed by atoms with Gasteiger partial charge in [0.15, 0.2) is 10.9 Å². The Hall–Kier alpha value is -2.22. The van der Waals surface area contributed by atoms with Crippen LogP contribution in [0.2, 0.25) is 5.02 Å². The lowest BCUT2D eigenvalue weighted by Gasteiger charge is -2.03. The standard InChI is InChI=1S/C18H11ClFN3OS2/c19-13-5-1-12(2-6-13)16(24)10-26-18-22-21-17-23(18)15(9-25-17)11-3-7-14(20)8-4-11/h1-9H,10H2. The Morgan fingerprint density at radius 3 is 2.58 bits per heavy atom. The minimum atomic E-state index is -0.285. The Morgan fingerprint density at radius 1 is 1.12 bits per heavy atom. The molecule has 0 spiro atoms. The molecule has 4 aromatic rings. The molecule has 0 atom stereocenters. The zero-order chi connectivity index (χ0) is 18.1. The molecule has 0 bridgehead atoms. The molecule has 4 nitrogen and oxygen atoms in total. The number of hydrogen-bond donors (Lipinski definition) is 0. The summed E-state index contributed by atoms with van der Waals surface area (Å²) in [5.74, 6) is -0.0599. The smallest absolute Gasteiger partial charge is 0.217 e. The topological polar surface area (TPSA) is 47.3 Å². The molecule has 0 fully saturated rings. The van der Waals surface area contributed by atoms with Crippen molar-refractivity contribution in [2.75, 3.05) is 5.75 Å². The highest BCUT2D eigenvalue weighted by molar-refractivity contribution is 7.99. The van der Waals surface area contributed by atoms with E-state index in [-0.39, 0.29) is 17.4 Å². The first-order valence-electron chi connectivity index (χ1n) is 7.62. The molecule has 130 valence electrons. The van der Waals surface area contributed by atoms with Crippen molar-refractivity contribution in [3.8, 4) is 11.3 Å². The summed E-state index contributed by atoms with van der Waals surface area (Å²) >= 11 is 8.62. The highest BCUT2D eigenvalue weighted by Gasteiger charge is 2.16. The minimum Gasteiger partial charge on any atom is -0.293 e. The van der Waals surface area contributed by atoms with Crippen LogP contribution in [0.4, 0.5) is 4.39 Å². The maximum atomic E-state index is 13.2. The lowest BCUT2D eigenvalue weighted by Crippen LogP contribution is -2.03. The van der Waals surface area contributed by atoms with Crippen molar-refractivity contribution in [2.24, 2.45) is 0 Å².